The van der Waals surface area contributed by atoms with Crippen LogP contribution in [0.15, 0.2) is 40.8 Å². The van der Waals surface area contributed by atoms with Crippen molar-refractivity contribution >= 4 is 29.3 Å². The van der Waals surface area contributed by atoms with Crippen molar-refractivity contribution in [1.29, 1.82) is 0 Å². The molecule has 9 heteroatoms. The first-order valence-corrected chi connectivity index (χ1v) is 10.1. The van der Waals surface area contributed by atoms with Gasteiger partial charge in [-0.2, -0.15) is 11.8 Å². The molecule has 0 spiro atoms. The molecule has 2 amide bonds. The van der Waals surface area contributed by atoms with Gasteiger partial charge in [-0.25, -0.2) is 0 Å². The monoisotopic (exact) mass is 405 g/mol. The van der Waals surface area contributed by atoms with Crippen LogP contribution in [0.4, 0.5) is 5.69 Å². The molecule has 28 heavy (non-hydrogen) atoms. The summed E-state index contributed by atoms with van der Waals surface area (Å²) in [7, 11) is 1.64. The number of non-ortho nitro benzene ring substituents is 1. The third-order valence-corrected chi connectivity index (χ3v) is 4.74. The van der Waals surface area contributed by atoms with Crippen molar-refractivity contribution in [2.75, 3.05) is 19.1 Å². The summed E-state index contributed by atoms with van der Waals surface area (Å²) in [6.07, 6.45) is 2.36. The van der Waals surface area contributed by atoms with Crippen LogP contribution in [0.3, 0.4) is 0 Å². The number of carbonyl (C=O) groups excluding carboxylic acids is 2. The second kappa shape index (κ2) is 9.93. The predicted molar refractivity (Wildman–Crippen MR) is 107 cm³/mol. The molecule has 0 saturated heterocycles. The topological polar surface area (TPSA) is 106 Å². The van der Waals surface area contributed by atoms with E-state index in [9.17, 15) is 19.7 Å². The molecule has 2 aromatic rings. The maximum Gasteiger partial charge on any atom is 0.270 e. The van der Waals surface area contributed by atoms with Crippen LogP contribution in [-0.2, 0) is 11.3 Å². The molecule has 0 saturated carbocycles. The van der Waals surface area contributed by atoms with Crippen molar-refractivity contribution in [2.24, 2.45) is 0 Å². The lowest BCUT2D eigenvalue weighted by atomic mass is 10.1. The van der Waals surface area contributed by atoms with E-state index in [4.69, 9.17) is 4.42 Å². The Balaban J connectivity index is 2.11. The summed E-state index contributed by atoms with van der Waals surface area (Å²) in [6.45, 7) is 2.11. The standard InChI is InChI=1S/C19H23N3O5S/c1-13-7-8-16(27-13)12-21(2)19(24)17(9-10-28-3)20-18(23)14-5-4-6-15(11-14)22(25)26/h4-8,11,17H,9-10,12H2,1-3H3,(H,20,23). The molecule has 0 bridgehead atoms. The first kappa shape index (κ1) is 21.5. The Bertz CT molecular complexity index is 852. The van der Waals surface area contributed by atoms with E-state index in [0.29, 0.717) is 17.9 Å². The van der Waals surface area contributed by atoms with Crippen LogP contribution >= 0.6 is 11.8 Å². The third kappa shape index (κ3) is 5.85. The van der Waals surface area contributed by atoms with Crippen LogP contribution in [0, 0.1) is 17.0 Å². The molecule has 1 N–H and O–H groups in total. The second-order valence-corrected chi connectivity index (χ2v) is 7.31. The summed E-state index contributed by atoms with van der Waals surface area (Å²) in [5, 5.41) is 13.6. The van der Waals surface area contributed by atoms with Gasteiger partial charge in [0, 0.05) is 24.7 Å². The van der Waals surface area contributed by atoms with E-state index in [1.54, 1.807) is 24.9 Å². The fraction of sp³-hybridized carbons (Fsp3) is 0.368. The molecule has 8 nitrogen and oxygen atoms in total. The van der Waals surface area contributed by atoms with E-state index in [1.807, 2.05) is 19.2 Å². The summed E-state index contributed by atoms with van der Waals surface area (Å²) < 4.78 is 5.50. The van der Waals surface area contributed by atoms with E-state index in [0.717, 1.165) is 5.76 Å². The van der Waals surface area contributed by atoms with Gasteiger partial charge in [0.2, 0.25) is 5.91 Å². The second-order valence-electron chi connectivity index (χ2n) is 6.32. The Kier molecular flexibility index (Phi) is 7.62. The maximum atomic E-state index is 12.9. The number of aryl methyl sites for hydroxylation is 1. The van der Waals surface area contributed by atoms with Gasteiger partial charge < -0.3 is 14.6 Å². The highest BCUT2D eigenvalue weighted by molar-refractivity contribution is 7.98. The fourth-order valence-electron chi connectivity index (χ4n) is 2.64. The molecular formula is C19H23N3O5S. The molecule has 2 rings (SSSR count). The molecule has 1 aromatic carbocycles. The first-order valence-electron chi connectivity index (χ1n) is 8.66. The molecule has 1 aromatic heterocycles. The Morgan fingerprint density at radius 2 is 2.07 bits per heavy atom. The van der Waals surface area contributed by atoms with E-state index in [2.05, 4.69) is 5.32 Å². The van der Waals surface area contributed by atoms with Crippen molar-refractivity contribution < 1.29 is 18.9 Å². The van der Waals surface area contributed by atoms with Crippen molar-refractivity contribution in [3.05, 3.63) is 63.6 Å². The molecule has 1 unspecified atom stereocenters. The van der Waals surface area contributed by atoms with Crippen LogP contribution < -0.4 is 5.32 Å². The molecule has 1 heterocycles. The highest BCUT2D eigenvalue weighted by Crippen LogP contribution is 2.15. The van der Waals surface area contributed by atoms with Gasteiger partial charge in [-0.1, -0.05) is 6.07 Å². The number of thioether (sulfide) groups is 1. The minimum absolute atomic E-state index is 0.139. The van der Waals surface area contributed by atoms with Gasteiger partial charge in [-0.15, -0.1) is 0 Å². The zero-order chi connectivity index (χ0) is 20.7. The summed E-state index contributed by atoms with van der Waals surface area (Å²) in [5.41, 5.74) is -0.0367. The van der Waals surface area contributed by atoms with Gasteiger partial charge in [-0.3, -0.25) is 19.7 Å². The lowest BCUT2D eigenvalue weighted by molar-refractivity contribution is -0.384. The zero-order valence-electron chi connectivity index (χ0n) is 16.0. The number of hydrogen-bond donors (Lipinski definition) is 1. The molecular weight excluding hydrogens is 382 g/mol. The van der Waals surface area contributed by atoms with Gasteiger partial charge in [0.15, 0.2) is 0 Å². The van der Waals surface area contributed by atoms with Crippen LogP contribution in [0.5, 0.6) is 0 Å². The number of nitro benzene ring substituents is 1. The van der Waals surface area contributed by atoms with E-state index < -0.39 is 16.9 Å². The summed E-state index contributed by atoms with van der Waals surface area (Å²) in [4.78, 5) is 37.3. The van der Waals surface area contributed by atoms with E-state index in [-0.39, 0.29) is 23.7 Å². The van der Waals surface area contributed by atoms with E-state index >= 15 is 0 Å². The lowest BCUT2D eigenvalue weighted by Gasteiger charge is -2.24. The van der Waals surface area contributed by atoms with Gasteiger partial charge in [0.1, 0.15) is 17.6 Å². The number of carbonyl (C=O) groups is 2. The third-order valence-electron chi connectivity index (χ3n) is 4.10. The summed E-state index contributed by atoms with van der Waals surface area (Å²) in [5.74, 6) is 1.32. The van der Waals surface area contributed by atoms with Crippen molar-refractivity contribution in [3.63, 3.8) is 0 Å². The number of nitrogens with one attached hydrogen (secondary N) is 1. The number of amides is 2. The molecule has 150 valence electrons. The highest BCUT2D eigenvalue weighted by Gasteiger charge is 2.25. The number of nitro groups is 1. The maximum absolute atomic E-state index is 12.9. The summed E-state index contributed by atoms with van der Waals surface area (Å²) >= 11 is 1.57. The number of benzene rings is 1. The fourth-order valence-corrected chi connectivity index (χ4v) is 3.11. The van der Waals surface area contributed by atoms with Crippen LogP contribution in [0.2, 0.25) is 0 Å². The average molecular weight is 405 g/mol. The quantitative estimate of drug-likeness (QED) is 0.508. The number of likely N-dealkylation sites (N-methyl/N-ethyl adjacent to an activating group) is 1. The Hall–Kier alpha value is -2.81. The van der Waals surface area contributed by atoms with Crippen molar-refractivity contribution in [2.45, 2.75) is 25.9 Å². The van der Waals surface area contributed by atoms with Crippen molar-refractivity contribution in [1.82, 2.24) is 10.2 Å². The summed E-state index contributed by atoms with van der Waals surface area (Å²) in [6, 6.07) is 8.32. The smallest absolute Gasteiger partial charge is 0.270 e. The normalized spacial score (nSPS) is 11.7. The molecule has 0 aliphatic carbocycles. The van der Waals surface area contributed by atoms with Crippen LogP contribution in [0.25, 0.3) is 0 Å². The number of nitrogens with zero attached hydrogens (tertiary/aromatic N) is 2. The molecule has 0 fully saturated rings. The largest absolute Gasteiger partial charge is 0.464 e. The zero-order valence-corrected chi connectivity index (χ0v) is 16.8. The average Bonchev–Trinajstić information content (AvgIpc) is 3.08. The van der Waals surface area contributed by atoms with Crippen LogP contribution in [-0.4, -0.2) is 46.7 Å². The predicted octanol–water partition coefficient (Wildman–Crippen LogP) is 3.01. The highest BCUT2D eigenvalue weighted by atomic mass is 32.2. The van der Waals surface area contributed by atoms with Gasteiger partial charge >= 0.3 is 0 Å². The minimum atomic E-state index is -0.736. The number of hydrogen-bond acceptors (Lipinski definition) is 6. The Morgan fingerprint density at radius 1 is 1.32 bits per heavy atom. The lowest BCUT2D eigenvalue weighted by Crippen LogP contribution is -2.47. The van der Waals surface area contributed by atoms with E-state index in [1.165, 1.54) is 29.2 Å². The van der Waals surface area contributed by atoms with Gasteiger partial charge in [-0.05, 0) is 43.6 Å². The molecule has 1 atom stereocenters. The SMILES string of the molecule is CSCCC(NC(=O)c1cccc([N+](=O)[O-])c1)C(=O)N(C)Cc1ccc(C)o1. The van der Waals surface area contributed by atoms with Crippen molar-refractivity contribution in [3.8, 4) is 0 Å². The van der Waals surface area contributed by atoms with Gasteiger partial charge in [0.05, 0.1) is 11.5 Å². The van der Waals surface area contributed by atoms with Gasteiger partial charge in [0.25, 0.3) is 11.6 Å². The minimum Gasteiger partial charge on any atom is -0.464 e. The number of rotatable bonds is 9. The molecule has 0 aliphatic rings. The Morgan fingerprint density at radius 3 is 2.68 bits per heavy atom. The Labute approximate surface area is 167 Å². The first-order chi connectivity index (χ1) is 13.3. The molecule has 0 radical (unpaired) electrons. The van der Waals surface area contributed by atoms with Crippen LogP contribution in [0.1, 0.15) is 28.3 Å². The molecule has 0 aliphatic heterocycles. The number of furan rings is 1.